The molecule has 1 heterocycles. The van der Waals surface area contributed by atoms with E-state index in [-0.39, 0.29) is 17.4 Å². The van der Waals surface area contributed by atoms with Gasteiger partial charge in [-0.1, -0.05) is 12.1 Å². The van der Waals surface area contributed by atoms with Crippen molar-refractivity contribution in [1.29, 1.82) is 0 Å². The van der Waals surface area contributed by atoms with Crippen LogP contribution in [0.2, 0.25) is 0 Å². The first-order chi connectivity index (χ1) is 9.95. The number of anilines is 2. The molecule has 2 N–H and O–H groups in total. The average molecular weight is 288 g/mol. The predicted molar refractivity (Wildman–Crippen MR) is 79.9 cm³/mol. The van der Waals surface area contributed by atoms with Gasteiger partial charge in [0.25, 0.3) is 5.91 Å². The molecule has 2 aromatic rings. The average Bonchev–Trinajstić information content (AvgIpc) is 2.40. The number of para-hydroxylation sites is 1. The molecule has 0 saturated carbocycles. The Balaban J connectivity index is 2.23. The van der Waals surface area contributed by atoms with E-state index in [2.05, 4.69) is 20.6 Å². The molecule has 1 aromatic heterocycles. The van der Waals surface area contributed by atoms with Crippen LogP contribution in [-0.2, 0) is 0 Å². The van der Waals surface area contributed by atoms with E-state index in [1.54, 1.807) is 25.1 Å². The summed E-state index contributed by atoms with van der Waals surface area (Å²) in [5, 5.41) is 5.61. The monoisotopic (exact) mass is 288 g/mol. The first-order valence-electron chi connectivity index (χ1n) is 6.64. The van der Waals surface area contributed by atoms with Crippen molar-refractivity contribution in [2.45, 2.75) is 26.8 Å². The van der Waals surface area contributed by atoms with E-state index in [9.17, 15) is 9.18 Å². The molecule has 21 heavy (non-hydrogen) atoms. The fraction of sp³-hybridized carbons (Fsp3) is 0.267. The number of rotatable bonds is 4. The highest BCUT2D eigenvalue weighted by atomic mass is 19.1. The Bertz CT molecular complexity index is 658. The molecular weight excluding hydrogens is 271 g/mol. The van der Waals surface area contributed by atoms with Crippen molar-refractivity contribution >= 4 is 17.4 Å². The van der Waals surface area contributed by atoms with E-state index in [0.29, 0.717) is 11.6 Å². The number of aryl methyl sites for hydroxylation is 1. The van der Waals surface area contributed by atoms with Crippen LogP contribution < -0.4 is 10.6 Å². The summed E-state index contributed by atoms with van der Waals surface area (Å²) < 4.78 is 13.5. The third-order valence-corrected chi connectivity index (χ3v) is 2.63. The van der Waals surface area contributed by atoms with Crippen LogP contribution >= 0.6 is 0 Å². The lowest BCUT2D eigenvalue weighted by Crippen LogP contribution is -2.18. The van der Waals surface area contributed by atoms with Crippen LogP contribution in [0, 0.1) is 12.7 Å². The lowest BCUT2D eigenvalue weighted by molar-refractivity contribution is 0.102. The van der Waals surface area contributed by atoms with Crippen molar-refractivity contribution in [3.63, 3.8) is 0 Å². The molecule has 6 heteroatoms. The van der Waals surface area contributed by atoms with Gasteiger partial charge in [-0.05, 0) is 32.9 Å². The number of carbonyl (C=O) groups is 1. The van der Waals surface area contributed by atoms with Crippen LogP contribution in [0.5, 0.6) is 0 Å². The number of benzene rings is 1. The molecule has 2 rings (SSSR count). The third kappa shape index (κ3) is 3.98. The smallest absolute Gasteiger partial charge is 0.274 e. The highest BCUT2D eigenvalue weighted by Gasteiger charge is 2.13. The molecule has 0 aliphatic rings. The van der Waals surface area contributed by atoms with Gasteiger partial charge in [-0.2, -0.15) is 0 Å². The minimum atomic E-state index is -0.489. The summed E-state index contributed by atoms with van der Waals surface area (Å²) in [6.45, 7) is 5.64. The molecule has 0 aliphatic carbocycles. The van der Waals surface area contributed by atoms with Crippen LogP contribution in [0.4, 0.5) is 15.9 Å². The Morgan fingerprint density at radius 3 is 2.62 bits per heavy atom. The van der Waals surface area contributed by atoms with Gasteiger partial charge in [0.1, 0.15) is 23.2 Å². The summed E-state index contributed by atoms with van der Waals surface area (Å²) in [6, 6.07) is 7.71. The van der Waals surface area contributed by atoms with Gasteiger partial charge >= 0.3 is 0 Å². The van der Waals surface area contributed by atoms with Gasteiger partial charge < -0.3 is 10.6 Å². The van der Waals surface area contributed by atoms with Gasteiger partial charge in [-0.15, -0.1) is 0 Å². The molecule has 5 nitrogen and oxygen atoms in total. The number of nitrogens with one attached hydrogen (secondary N) is 2. The lowest BCUT2D eigenvalue weighted by atomic mass is 10.2. The first-order valence-corrected chi connectivity index (χ1v) is 6.64. The minimum absolute atomic E-state index is 0.122. The zero-order valence-corrected chi connectivity index (χ0v) is 12.1. The second-order valence-electron chi connectivity index (χ2n) is 4.92. The SMILES string of the molecule is Cc1nc(NC(C)C)cc(C(=O)Nc2ccccc2F)n1. The molecule has 0 bridgehead atoms. The van der Waals surface area contributed by atoms with Crippen LogP contribution in [0.25, 0.3) is 0 Å². The maximum atomic E-state index is 13.5. The highest BCUT2D eigenvalue weighted by Crippen LogP contribution is 2.15. The summed E-state index contributed by atoms with van der Waals surface area (Å²) in [4.78, 5) is 20.4. The molecule has 1 amide bonds. The van der Waals surface area contributed by atoms with Crippen molar-refractivity contribution in [3.8, 4) is 0 Å². The number of amides is 1. The van der Waals surface area contributed by atoms with Gasteiger partial charge in [-0.25, -0.2) is 14.4 Å². The van der Waals surface area contributed by atoms with Gasteiger partial charge in [0.05, 0.1) is 5.69 Å². The number of nitrogens with zero attached hydrogens (tertiary/aromatic N) is 2. The highest BCUT2D eigenvalue weighted by molar-refractivity contribution is 6.03. The van der Waals surface area contributed by atoms with Crippen molar-refractivity contribution in [1.82, 2.24) is 9.97 Å². The molecule has 110 valence electrons. The predicted octanol–water partition coefficient (Wildman–Crippen LogP) is 3.00. The van der Waals surface area contributed by atoms with Crippen molar-refractivity contribution < 1.29 is 9.18 Å². The van der Waals surface area contributed by atoms with Gasteiger partial charge in [-0.3, -0.25) is 4.79 Å². The number of hydrogen-bond donors (Lipinski definition) is 2. The summed E-state index contributed by atoms with van der Waals surface area (Å²) in [7, 11) is 0. The number of hydrogen-bond acceptors (Lipinski definition) is 4. The molecule has 0 saturated heterocycles. The summed E-state index contributed by atoms with van der Waals surface area (Å²) >= 11 is 0. The summed E-state index contributed by atoms with van der Waals surface area (Å²) in [5.74, 6) is 0.0741. The molecule has 0 aliphatic heterocycles. The molecule has 0 unspecified atom stereocenters. The quantitative estimate of drug-likeness (QED) is 0.907. The zero-order chi connectivity index (χ0) is 15.4. The molecular formula is C15H17FN4O. The summed E-state index contributed by atoms with van der Waals surface area (Å²) in [6.07, 6.45) is 0. The van der Waals surface area contributed by atoms with E-state index in [4.69, 9.17) is 0 Å². The molecule has 0 radical (unpaired) electrons. The Labute approximate surface area is 122 Å². The second kappa shape index (κ2) is 6.30. The maximum absolute atomic E-state index is 13.5. The van der Waals surface area contributed by atoms with E-state index >= 15 is 0 Å². The second-order valence-corrected chi connectivity index (χ2v) is 4.92. The Morgan fingerprint density at radius 1 is 1.24 bits per heavy atom. The Hall–Kier alpha value is -2.50. The molecule has 0 fully saturated rings. The van der Waals surface area contributed by atoms with Crippen LogP contribution in [0.1, 0.15) is 30.2 Å². The lowest BCUT2D eigenvalue weighted by Gasteiger charge is -2.11. The van der Waals surface area contributed by atoms with Crippen LogP contribution in [0.3, 0.4) is 0 Å². The fourth-order valence-electron chi connectivity index (χ4n) is 1.80. The van der Waals surface area contributed by atoms with Crippen molar-refractivity contribution in [2.24, 2.45) is 0 Å². The Morgan fingerprint density at radius 2 is 1.95 bits per heavy atom. The minimum Gasteiger partial charge on any atom is -0.368 e. The normalized spacial score (nSPS) is 10.5. The van der Waals surface area contributed by atoms with E-state index in [0.717, 1.165) is 0 Å². The number of aromatic nitrogens is 2. The van der Waals surface area contributed by atoms with Crippen molar-refractivity contribution in [2.75, 3.05) is 10.6 Å². The summed E-state index contributed by atoms with van der Waals surface area (Å²) in [5.41, 5.74) is 0.311. The van der Waals surface area contributed by atoms with Crippen LogP contribution in [0.15, 0.2) is 30.3 Å². The van der Waals surface area contributed by atoms with Crippen LogP contribution in [-0.4, -0.2) is 21.9 Å². The molecule has 0 atom stereocenters. The molecule has 0 spiro atoms. The largest absolute Gasteiger partial charge is 0.368 e. The standard InChI is InChI=1S/C15H17FN4O/c1-9(2)17-14-8-13(18-10(3)19-14)15(21)20-12-7-5-4-6-11(12)16/h4-9H,1-3H3,(H,20,21)(H,17,18,19). The van der Waals surface area contributed by atoms with Gasteiger partial charge in [0.15, 0.2) is 0 Å². The maximum Gasteiger partial charge on any atom is 0.274 e. The number of halogens is 1. The van der Waals surface area contributed by atoms with Gasteiger partial charge in [0, 0.05) is 12.1 Å². The van der Waals surface area contributed by atoms with E-state index in [1.165, 1.54) is 12.1 Å². The van der Waals surface area contributed by atoms with E-state index < -0.39 is 11.7 Å². The topological polar surface area (TPSA) is 66.9 Å². The zero-order valence-electron chi connectivity index (χ0n) is 12.1. The number of carbonyl (C=O) groups excluding carboxylic acids is 1. The van der Waals surface area contributed by atoms with E-state index in [1.807, 2.05) is 13.8 Å². The first kappa shape index (κ1) is 14.9. The Kier molecular flexibility index (Phi) is 4.47. The fourth-order valence-corrected chi connectivity index (χ4v) is 1.80. The molecule has 1 aromatic carbocycles. The van der Waals surface area contributed by atoms with Gasteiger partial charge in [0.2, 0.25) is 0 Å². The third-order valence-electron chi connectivity index (χ3n) is 2.63. The van der Waals surface area contributed by atoms with Crippen molar-refractivity contribution in [3.05, 3.63) is 47.7 Å².